The number of aryl methyl sites for hydroxylation is 1. The maximum absolute atomic E-state index is 12.3. The highest BCUT2D eigenvalue weighted by atomic mass is 35.5. The second-order valence-corrected chi connectivity index (χ2v) is 8.13. The SMILES string of the molecule is O=C(COC(=O)c1csc(-c2cccc(Cl)c2)n1)NC1CCCc2ccccc21. The molecule has 2 aromatic carbocycles. The van der Waals surface area contributed by atoms with E-state index >= 15 is 0 Å². The summed E-state index contributed by atoms with van der Waals surface area (Å²) >= 11 is 7.32. The molecule has 1 amide bonds. The van der Waals surface area contributed by atoms with Crippen molar-refractivity contribution in [3.8, 4) is 10.6 Å². The largest absolute Gasteiger partial charge is 0.451 e. The van der Waals surface area contributed by atoms with Crippen molar-refractivity contribution in [3.05, 3.63) is 75.8 Å². The van der Waals surface area contributed by atoms with Crippen molar-refractivity contribution in [1.29, 1.82) is 0 Å². The summed E-state index contributed by atoms with van der Waals surface area (Å²) in [5, 5.41) is 5.86. The zero-order valence-corrected chi connectivity index (χ0v) is 17.1. The topological polar surface area (TPSA) is 68.3 Å². The zero-order valence-electron chi connectivity index (χ0n) is 15.6. The number of fused-ring (bicyclic) bond motifs is 1. The first-order valence-electron chi connectivity index (χ1n) is 9.36. The molecule has 0 fully saturated rings. The highest BCUT2D eigenvalue weighted by Crippen LogP contribution is 2.29. The van der Waals surface area contributed by atoms with E-state index < -0.39 is 5.97 Å². The number of benzene rings is 2. The summed E-state index contributed by atoms with van der Waals surface area (Å²) in [5.74, 6) is -0.931. The Hall–Kier alpha value is -2.70. The van der Waals surface area contributed by atoms with Crippen molar-refractivity contribution in [1.82, 2.24) is 10.3 Å². The Morgan fingerprint density at radius 3 is 2.93 bits per heavy atom. The lowest BCUT2D eigenvalue weighted by atomic mass is 9.88. The number of nitrogens with zero attached hydrogens (tertiary/aromatic N) is 1. The first-order chi connectivity index (χ1) is 14.1. The standard InChI is InChI=1S/C22H19ClN2O3S/c23-16-8-3-7-15(11-16)21-25-19(13-29-21)22(27)28-12-20(26)24-18-10-4-6-14-5-1-2-9-17(14)18/h1-3,5,7-9,11,13,18H,4,6,10,12H2,(H,24,26). The number of rotatable bonds is 5. The van der Waals surface area contributed by atoms with Gasteiger partial charge in [-0.05, 0) is 42.5 Å². The highest BCUT2D eigenvalue weighted by Gasteiger charge is 2.22. The Bertz CT molecular complexity index is 1050. The molecule has 1 unspecified atom stereocenters. The van der Waals surface area contributed by atoms with Gasteiger partial charge in [0.05, 0.1) is 6.04 Å². The molecule has 0 aliphatic heterocycles. The Kier molecular flexibility index (Phi) is 5.92. The van der Waals surface area contributed by atoms with Gasteiger partial charge in [0, 0.05) is 16.0 Å². The quantitative estimate of drug-likeness (QED) is 0.594. The van der Waals surface area contributed by atoms with Gasteiger partial charge in [-0.15, -0.1) is 11.3 Å². The van der Waals surface area contributed by atoms with Crippen molar-refractivity contribution < 1.29 is 14.3 Å². The van der Waals surface area contributed by atoms with Crippen LogP contribution in [0.5, 0.6) is 0 Å². The predicted molar refractivity (Wildman–Crippen MR) is 113 cm³/mol. The van der Waals surface area contributed by atoms with E-state index in [0.717, 1.165) is 30.4 Å². The minimum absolute atomic E-state index is 0.0418. The van der Waals surface area contributed by atoms with Gasteiger partial charge in [0.15, 0.2) is 12.3 Å². The number of hydrogen-bond acceptors (Lipinski definition) is 5. The fraction of sp³-hybridized carbons (Fsp3) is 0.227. The van der Waals surface area contributed by atoms with E-state index in [9.17, 15) is 9.59 Å². The van der Waals surface area contributed by atoms with E-state index in [0.29, 0.717) is 10.0 Å². The van der Waals surface area contributed by atoms with Gasteiger partial charge in [0.1, 0.15) is 5.01 Å². The van der Waals surface area contributed by atoms with Crippen LogP contribution >= 0.6 is 22.9 Å². The molecule has 0 saturated carbocycles. The number of halogens is 1. The molecule has 1 heterocycles. The molecule has 3 aromatic rings. The number of nitrogens with one attached hydrogen (secondary N) is 1. The fourth-order valence-corrected chi connectivity index (χ4v) is 4.44. The molecule has 1 atom stereocenters. The first kappa shape index (κ1) is 19.6. The van der Waals surface area contributed by atoms with E-state index in [-0.39, 0.29) is 24.2 Å². The van der Waals surface area contributed by atoms with Gasteiger partial charge >= 0.3 is 5.97 Å². The Balaban J connectivity index is 1.34. The summed E-state index contributed by atoms with van der Waals surface area (Å²) in [4.78, 5) is 28.9. The molecule has 1 aromatic heterocycles. The Labute approximate surface area is 177 Å². The van der Waals surface area contributed by atoms with Crippen LogP contribution in [-0.4, -0.2) is 23.5 Å². The van der Waals surface area contributed by atoms with Crippen LogP contribution in [0, 0.1) is 0 Å². The number of thiazole rings is 1. The van der Waals surface area contributed by atoms with Crippen LogP contribution in [0.2, 0.25) is 5.02 Å². The molecule has 0 radical (unpaired) electrons. The Morgan fingerprint density at radius 1 is 1.21 bits per heavy atom. The van der Waals surface area contributed by atoms with Crippen LogP contribution in [0.4, 0.5) is 0 Å². The Morgan fingerprint density at radius 2 is 2.07 bits per heavy atom. The molecule has 4 rings (SSSR count). The smallest absolute Gasteiger partial charge is 0.358 e. The van der Waals surface area contributed by atoms with Crippen molar-refractivity contribution in [2.24, 2.45) is 0 Å². The maximum Gasteiger partial charge on any atom is 0.358 e. The second-order valence-electron chi connectivity index (χ2n) is 6.84. The van der Waals surface area contributed by atoms with Gasteiger partial charge in [0.2, 0.25) is 0 Å². The molecule has 29 heavy (non-hydrogen) atoms. The lowest BCUT2D eigenvalue weighted by Crippen LogP contribution is -2.34. The second kappa shape index (κ2) is 8.76. The third kappa shape index (κ3) is 4.66. The van der Waals surface area contributed by atoms with Crippen LogP contribution in [0.25, 0.3) is 10.6 Å². The minimum Gasteiger partial charge on any atom is -0.451 e. The van der Waals surface area contributed by atoms with Gasteiger partial charge in [-0.1, -0.05) is 48.0 Å². The van der Waals surface area contributed by atoms with Crippen LogP contribution in [0.3, 0.4) is 0 Å². The third-order valence-corrected chi connectivity index (χ3v) is 5.95. The van der Waals surface area contributed by atoms with Crippen LogP contribution < -0.4 is 5.32 Å². The number of hydrogen-bond donors (Lipinski definition) is 1. The van der Waals surface area contributed by atoms with Gasteiger partial charge in [-0.25, -0.2) is 9.78 Å². The summed E-state index contributed by atoms with van der Waals surface area (Å²) in [6, 6.07) is 15.3. The fourth-order valence-electron chi connectivity index (χ4n) is 3.47. The molecule has 1 N–H and O–H groups in total. The van der Waals surface area contributed by atoms with Gasteiger partial charge in [-0.2, -0.15) is 0 Å². The van der Waals surface area contributed by atoms with E-state index in [1.165, 1.54) is 16.9 Å². The third-order valence-electron chi connectivity index (χ3n) is 4.82. The van der Waals surface area contributed by atoms with Crippen LogP contribution in [0.15, 0.2) is 53.9 Å². The molecule has 1 aliphatic rings. The average Bonchev–Trinajstić information content (AvgIpc) is 3.23. The van der Waals surface area contributed by atoms with Gasteiger partial charge in [0.25, 0.3) is 5.91 Å². The number of esters is 1. The van der Waals surface area contributed by atoms with E-state index in [1.54, 1.807) is 17.5 Å². The van der Waals surface area contributed by atoms with Crippen molar-refractivity contribution in [3.63, 3.8) is 0 Å². The average molecular weight is 427 g/mol. The van der Waals surface area contributed by atoms with Gasteiger partial charge < -0.3 is 10.1 Å². The number of aromatic nitrogens is 1. The summed E-state index contributed by atoms with van der Waals surface area (Å²) < 4.78 is 5.16. The lowest BCUT2D eigenvalue weighted by Gasteiger charge is -2.26. The normalized spacial score (nSPS) is 15.4. The van der Waals surface area contributed by atoms with Crippen LogP contribution in [-0.2, 0) is 16.0 Å². The van der Waals surface area contributed by atoms with Crippen molar-refractivity contribution in [2.45, 2.75) is 25.3 Å². The number of amides is 1. The number of ether oxygens (including phenoxy) is 1. The lowest BCUT2D eigenvalue weighted by molar-refractivity contribution is -0.125. The van der Waals surface area contributed by atoms with Crippen LogP contribution in [0.1, 0.15) is 40.5 Å². The number of carbonyl (C=O) groups excluding carboxylic acids is 2. The van der Waals surface area contributed by atoms with E-state index in [4.69, 9.17) is 16.3 Å². The maximum atomic E-state index is 12.3. The molecule has 7 heteroatoms. The van der Waals surface area contributed by atoms with Crippen molar-refractivity contribution in [2.75, 3.05) is 6.61 Å². The van der Waals surface area contributed by atoms with Gasteiger partial charge in [-0.3, -0.25) is 4.79 Å². The summed E-state index contributed by atoms with van der Waals surface area (Å²) in [6.07, 6.45) is 2.93. The van der Waals surface area contributed by atoms with E-state index in [1.807, 2.05) is 30.3 Å². The zero-order chi connectivity index (χ0) is 20.2. The molecule has 1 aliphatic carbocycles. The predicted octanol–water partition coefficient (Wildman–Crippen LogP) is 4.81. The first-order valence-corrected chi connectivity index (χ1v) is 10.6. The monoisotopic (exact) mass is 426 g/mol. The molecule has 0 spiro atoms. The molecule has 0 bridgehead atoms. The molecule has 0 saturated heterocycles. The molecular weight excluding hydrogens is 408 g/mol. The summed E-state index contributed by atoms with van der Waals surface area (Å²) in [5.41, 5.74) is 3.41. The van der Waals surface area contributed by atoms with Crippen molar-refractivity contribution >= 4 is 34.8 Å². The molecule has 148 valence electrons. The molecule has 5 nitrogen and oxygen atoms in total. The number of carbonyl (C=O) groups is 2. The summed E-state index contributed by atoms with van der Waals surface area (Å²) in [6.45, 7) is -0.332. The summed E-state index contributed by atoms with van der Waals surface area (Å²) in [7, 11) is 0. The highest BCUT2D eigenvalue weighted by molar-refractivity contribution is 7.13. The molecular formula is C22H19ClN2O3S. The minimum atomic E-state index is -0.617. The van der Waals surface area contributed by atoms with E-state index in [2.05, 4.69) is 16.4 Å².